The fraction of sp³-hybridized carbons (Fsp3) is 0.533. The molecule has 1 aromatic rings. The molecule has 4 heteroatoms. The van der Waals surface area contributed by atoms with Crippen molar-refractivity contribution in [2.24, 2.45) is 22.6 Å². The van der Waals surface area contributed by atoms with Crippen molar-refractivity contribution in [3.8, 4) is 0 Å². The van der Waals surface area contributed by atoms with Gasteiger partial charge in [-0.2, -0.15) is 0 Å². The molecule has 1 heterocycles. The molecule has 2 aliphatic rings. The van der Waals surface area contributed by atoms with Gasteiger partial charge in [0.05, 0.1) is 12.1 Å². The van der Waals surface area contributed by atoms with Gasteiger partial charge in [0, 0.05) is 5.02 Å². The van der Waals surface area contributed by atoms with Crippen molar-refractivity contribution in [1.82, 2.24) is 5.32 Å². The third-order valence-corrected chi connectivity index (χ3v) is 4.92. The number of fused-ring (bicyclic) bond motifs is 1. The van der Waals surface area contributed by atoms with Crippen LogP contribution in [0.25, 0.3) is 0 Å². The number of halogens is 1. The smallest absolute Gasteiger partial charge is 0.189 e. The van der Waals surface area contributed by atoms with E-state index in [1.165, 1.54) is 12.0 Å². The van der Waals surface area contributed by atoms with Crippen LogP contribution in [0.15, 0.2) is 29.3 Å². The van der Waals surface area contributed by atoms with Crippen LogP contribution in [0.3, 0.4) is 0 Å². The number of hydrogen-bond donors (Lipinski definition) is 2. The highest BCUT2D eigenvalue weighted by Crippen LogP contribution is 2.43. The Morgan fingerprint density at radius 1 is 1.47 bits per heavy atom. The molecule has 3 N–H and O–H groups in total. The van der Waals surface area contributed by atoms with E-state index >= 15 is 0 Å². The number of nitrogens with two attached hydrogens (primary N) is 1. The van der Waals surface area contributed by atoms with Gasteiger partial charge in [-0.15, -0.1) is 0 Å². The molecule has 3 rings (SSSR count). The topological polar surface area (TPSA) is 50.4 Å². The van der Waals surface area contributed by atoms with Gasteiger partial charge in [-0.25, -0.2) is 4.99 Å². The molecule has 19 heavy (non-hydrogen) atoms. The van der Waals surface area contributed by atoms with E-state index in [4.69, 9.17) is 17.3 Å². The van der Waals surface area contributed by atoms with Crippen LogP contribution in [0.2, 0.25) is 5.02 Å². The highest BCUT2D eigenvalue weighted by molar-refractivity contribution is 6.30. The van der Waals surface area contributed by atoms with Crippen molar-refractivity contribution in [3.63, 3.8) is 0 Å². The molecule has 1 fully saturated rings. The van der Waals surface area contributed by atoms with Crippen molar-refractivity contribution in [2.75, 3.05) is 0 Å². The van der Waals surface area contributed by atoms with Crippen molar-refractivity contribution >= 4 is 17.6 Å². The molecule has 0 spiro atoms. The van der Waals surface area contributed by atoms with E-state index in [9.17, 15) is 0 Å². The van der Waals surface area contributed by atoms with Gasteiger partial charge in [0.1, 0.15) is 0 Å². The maximum Gasteiger partial charge on any atom is 0.189 e. The lowest BCUT2D eigenvalue weighted by Crippen LogP contribution is -2.39. The van der Waals surface area contributed by atoms with Gasteiger partial charge in [-0.3, -0.25) is 0 Å². The lowest BCUT2D eigenvalue weighted by atomic mass is 9.84. The summed E-state index contributed by atoms with van der Waals surface area (Å²) in [7, 11) is 0. The van der Waals surface area contributed by atoms with Crippen LogP contribution in [0.4, 0.5) is 0 Å². The maximum atomic E-state index is 6.10. The summed E-state index contributed by atoms with van der Waals surface area (Å²) in [5, 5.41) is 4.12. The zero-order chi connectivity index (χ0) is 13.6. The van der Waals surface area contributed by atoms with Gasteiger partial charge >= 0.3 is 0 Å². The normalized spacial score (nSPS) is 34.6. The molecule has 1 aliphatic carbocycles. The number of benzene rings is 1. The minimum absolute atomic E-state index is 0.309. The average molecular weight is 278 g/mol. The van der Waals surface area contributed by atoms with Crippen molar-refractivity contribution in [2.45, 2.75) is 38.3 Å². The Morgan fingerprint density at radius 2 is 2.26 bits per heavy atom. The van der Waals surface area contributed by atoms with Crippen molar-refractivity contribution in [3.05, 3.63) is 34.9 Å². The molecule has 1 aliphatic heterocycles. The quantitative estimate of drug-likeness (QED) is 0.873. The second kappa shape index (κ2) is 4.71. The fourth-order valence-corrected chi connectivity index (χ4v) is 3.83. The first kappa shape index (κ1) is 12.8. The van der Waals surface area contributed by atoms with E-state index in [1.807, 2.05) is 12.1 Å². The molecule has 3 nitrogen and oxygen atoms in total. The van der Waals surface area contributed by atoms with Crippen LogP contribution in [-0.2, 0) is 0 Å². The van der Waals surface area contributed by atoms with Gasteiger partial charge in [-0.05, 0) is 41.9 Å². The van der Waals surface area contributed by atoms with Gasteiger partial charge in [0.25, 0.3) is 0 Å². The first-order chi connectivity index (χ1) is 9.06. The monoisotopic (exact) mass is 277 g/mol. The van der Waals surface area contributed by atoms with Crippen LogP contribution in [0.5, 0.6) is 0 Å². The van der Waals surface area contributed by atoms with E-state index in [2.05, 4.69) is 36.3 Å². The minimum Gasteiger partial charge on any atom is -0.370 e. The van der Waals surface area contributed by atoms with Crippen molar-refractivity contribution < 1.29 is 0 Å². The molecule has 1 saturated carbocycles. The molecule has 3 unspecified atom stereocenters. The van der Waals surface area contributed by atoms with Crippen LogP contribution in [0.1, 0.15) is 31.7 Å². The summed E-state index contributed by atoms with van der Waals surface area (Å²) < 4.78 is 0. The lowest BCUT2D eigenvalue weighted by molar-refractivity contribution is 0.405. The highest BCUT2D eigenvalue weighted by atomic mass is 35.5. The van der Waals surface area contributed by atoms with E-state index in [0.29, 0.717) is 35.8 Å². The molecule has 0 aromatic heterocycles. The Kier molecular flexibility index (Phi) is 3.17. The van der Waals surface area contributed by atoms with Crippen molar-refractivity contribution in [1.29, 1.82) is 0 Å². The summed E-state index contributed by atoms with van der Waals surface area (Å²) in [6.07, 6.45) is 1.19. The van der Waals surface area contributed by atoms with Gasteiger partial charge in [-0.1, -0.05) is 37.6 Å². The molecular weight excluding hydrogens is 258 g/mol. The number of nitrogens with one attached hydrogen (secondary N) is 1. The molecule has 102 valence electrons. The van der Waals surface area contributed by atoms with E-state index in [0.717, 1.165) is 5.02 Å². The molecule has 0 saturated heterocycles. The summed E-state index contributed by atoms with van der Waals surface area (Å²) in [5.41, 5.74) is 7.13. The Labute approximate surface area is 119 Å². The zero-order valence-electron chi connectivity index (χ0n) is 11.3. The SMILES string of the molecule is CC1C[C@@H]([C@H](C)c2cccc(Cl)c2)C2N=C(N)NC12. The Balaban J connectivity index is 1.86. The minimum atomic E-state index is 0.309. The van der Waals surface area contributed by atoms with E-state index in [1.54, 1.807) is 0 Å². The number of nitrogens with zero attached hydrogens (tertiary/aromatic N) is 1. The summed E-state index contributed by atoms with van der Waals surface area (Å²) in [5.74, 6) is 2.20. The summed E-state index contributed by atoms with van der Waals surface area (Å²) >= 11 is 6.10. The van der Waals surface area contributed by atoms with Gasteiger partial charge in [0.15, 0.2) is 5.96 Å². The molecule has 1 aromatic carbocycles. The first-order valence-electron chi connectivity index (χ1n) is 6.91. The molecule has 0 bridgehead atoms. The Bertz CT molecular complexity index is 514. The average Bonchev–Trinajstić information content (AvgIpc) is 2.88. The van der Waals surface area contributed by atoms with Gasteiger partial charge < -0.3 is 11.1 Å². The fourth-order valence-electron chi connectivity index (χ4n) is 3.63. The van der Waals surface area contributed by atoms with Gasteiger partial charge in [0.2, 0.25) is 0 Å². The van der Waals surface area contributed by atoms with E-state index in [-0.39, 0.29) is 0 Å². The summed E-state index contributed by atoms with van der Waals surface area (Å²) in [6, 6.07) is 8.89. The van der Waals surface area contributed by atoms with Crippen LogP contribution < -0.4 is 11.1 Å². The molecule has 0 radical (unpaired) electrons. The number of hydrogen-bond acceptors (Lipinski definition) is 3. The predicted molar refractivity (Wildman–Crippen MR) is 79.5 cm³/mol. The number of aliphatic imine (C=N–C) groups is 1. The van der Waals surface area contributed by atoms with Crippen LogP contribution in [0, 0.1) is 11.8 Å². The first-order valence-corrected chi connectivity index (χ1v) is 7.29. The summed E-state index contributed by atoms with van der Waals surface area (Å²) in [6.45, 7) is 4.55. The molecular formula is C15H20ClN3. The maximum absolute atomic E-state index is 6.10. The lowest BCUT2D eigenvalue weighted by Gasteiger charge is -2.23. The Hall–Kier alpha value is -1.22. The Morgan fingerprint density at radius 3 is 3.00 bits per heavy atom. The predicted octanol–water partition coefficient (Wildman–Crippen LogP) is 2.75. The highest BCUT2D eigenvalue weighted by Gasteiger charge is 2.46. The second-order valence-electron chi connectivity index (χ2n) is 5.90. The standard InChI is InChI=1S/C15H20ClN3/c1-8-6-12(14-13(8)18-15(17)19-14)9(2)10-4-3-5-11(16)7-10/h3-5,7-9,12-14H,6H2,1-2H3,(H3,17,18,19)/t8?,9-,12+,13?,14?/m1/s1. The zero-order valence-corrected chi connectivity index (χ0v) is 12.1. The molecule has 5 atom stereocenters. The van der Waals surface area contributed by atoms with Crippen LogP contribution >= 0.6 is 11.6 Å². The molecule has 0 amide bonds. The third kappa shape index (κ3) is 2.20. The second-order valence-corrected chi connectivity index (χ2v) is 6.33. The van der Waals surface area contributed by atoms with Crippen LogP contribution in [-0.4, -0.2) is 18.0 Å². The third-order valence-electron chi connectivity index (χ3n) is 4.68. The number of rotatable bonds is 2. The largest absolute Gasteiger partial charge is 0.370 e. The summed E-state index contributed by atoms with van der Waals surface area (Å²) in [4.78, 5) is 4.60. The van der Waals surface area contributed by atoms with E-state index < -0.39 is 0 Å². The number of guanidine groups is 1.